The molecule has 1 aromatic rings. The van der Waals surface area contributed by atoms with Gasteiger partial charge in [0.1, 0.15) is 0 Å². The maximum Gasteiger partial charge on any atom is 0.332 e. The van der Waals surface area contributed by atoms with Crippen LogP contribution in [0.3, 0.4) is 0 Å². The third kappa shape index (κ3) is 2.15. The van der Waals surface area contributed by atoms with Crippen LogP contribution in [0, 0.1) is 0 Å². The molecule has 1 aromatic heterocycles. The van der Waals surface area contributed by atoms with Gasteiger partial charge in [0.15, 0.2) is 17.3 Å². The van der Waals surface area contributed by atoms with E-state index < -0.39 is 5.97 Å². The summed E-state index contributed by atoms with van der Waals surface area (Å²) in [5.74, 6) is -0.791. The number of nitrogens with zero attached hydrogens (tertiary/aromatic N) is 3. The zero-order chi connectivity index (χ0) is 9.84. The molecule has 0 atom stereocenters. The van der Waals surface area contributed by atoms with E-state index in [2.05, 4.69) is 24.9 Å². The van der Waals surface area contributed by atoms with Crippen molar-refractivity contribution in [3.05, 3.63) is 5.69 Å². The van der Waals surface area contributed by atoms with Crippen molar-refractivity contribution >= 4 is 17.6 Å². The van der Waals surface area contributed by atoms with Gasteiger partial charge in [-0.1, -0.05) is 5.16 Å². The predicted octanol–water partition coefficient (Wildman–Crippen LogP) is -1.16. The Morgan fingerprint density at radius 2 is 2.31 bits per heavy atom. The fraction of sp³-hybridized carbons (Fsp3) is 0.200. The highest BCUT2D eigenvalue weighted by Crippen LogP contribution is 2.02. The van der Waals surface area contributed by atoms with Gasteiger partial charge in [-0.15, -0.1) is 0 Å². The molecule has 0 saturated heterocycles. The number of carbonyl (C=O) groups is 1. The molecular formula is C5H7N5O3. The molecule has 13 heavy (non-hydrogen) atoms. The van der Waals surface area contributed by atoms with Gasteiger partial charge in [-0.25, -0.2) is 9.42 Å². The number of hydrogen-bond acceptors (Lipinski definition) is 7. The number of amidine groups is 1. The first-order valence-corrected chi connectivity index (χ1v) is 3.20. The minimum absolute atomic E-state index is 0.0200. The van der Waals surface area contributed by atoms with Crippen molar-refractivity contribution < 1.29 is 14.3 Å². The van der Waals surface area contributed by atoms with Crippen molar-refractivity contribution in [3.8, 4) is 0 Å². The van der Waals surface area contributed by atoms with Crippen LogP contribution in [-0.2, 0) is 9.63 Å². The predicted molar refractivity (Wildman–Crippen MR) is 41.2 cm³/mol. The number of aromatic nitrogens is 2. The first-order valence-electron chi connectivity index (χ1n) is 3.20. The second-order valence-electron chi connectivity index (χ2n) is 2.06. The third-order valence-corrected chi connectivity index (χ3v) is 1.03. The van der Waals surface area contributed by atoms with Crippen LogP contribution in [0.25, 0.3) is 0 Å². The number of nitrogen functional groups attached to an aromatic ring is 1. The maximum absolute atomic E-state index is 10.3. The largest absolute Gasteiger partial charge is 0.379 e. The van der Waals surface area contributed by atoms with Crippen LogP contribution in [0.2, 0.25) is 0 Å². The zero-order valence-corrected chi connectivity index (χ0v) is 6.72. The molecule has 0 unspecified atom stereocenters. The molecule has 0 aliphatic carbocycles. The number of carbonyl (C=O) groups excluding carboxylic acids is 1. The normalized spacial score (nSPS) is 11.3. The molecule has 8 heteroatoms. The topological polar surface area (TPSA) is 130 Å². The molecule has 70 valence electrons. The van der Waals surface area contributed by atoms with Crippen LogP contribution >= 0.6 is 0 Å². The van der Waals surface area contributed by atoms with Crippen LogP contribution in [-0.4, -0.2) is 22.1 Å². The van der Waals surface area contributed by atoms with Gasteiger partial charge in [0, 0.05) is 6.92 Å². The molecule has 0 aliphatic rings. The Kier molecular flexibility index (Phi) is 2.43. The van der Waals surface area contributed by atoms with Gasteiger partial charge in [-0.05, 0) is 10.3 Å². The Labute approximate surface area is 72.5 Å². The molecule has 1 heterocycles. The van der Waals surface area contributed by atoms with Crippen LogP contribution < -0.4 is 11.5 Å². The zero-order valence-electron chi connectivity index (χ0n) is 6.72. The lowest BCUT2D eigenvalue weighted by atomic mass is 10.4. The fourth-order valence-electron chi connectivity index (χ4n) is 0.530. The summed E-state index contributed by atoms with van der Waals surface area (Å²) in [7, 11) is 0. The Bertz CT molecular complexity index is 344. The molecule has 0 spiro atoms. The van der Waals surface area contributed by atoms with Crippen molar-refractivity contribution in [1.82, 2.24) is 10.3 Å². The molecule has 0 aliphatic heterocycles. The van der Waals surface area contributed by atoms with Gasteiger partial charge in [0.05, 0.1) is 0 Å². The summed E-state index contributed by atoms with van der Waals surface area (Å²) in [6, 6.07) is 0. The fourth-order valence-corrected chi connectivity index (χ4v) is 0.530. The summed E-state index contributed by atoms with van der Waals surface area (Å²) in [5.41, 5.74) is 10.6. The SMILES string of the molecule is CC(=O)O/N=C(/N)c1nonc1N. The Morgan fingerprint density at radius 3 is 2.77 bits per heavy atom. The summed E-state index contributed by atoms with van der Waals surface area (Å²) in [4.78, 5) is 14.6. The first-order chi connectivity index (χ1) is 6.11. The smallest absolute Gasteiger partial charge is 0.332 e. The highest BCUT2D eigenvalue weighted by molar-refractivity contribution is 5.98. The molecular weight excluding hydrogens is 178 g/mol. The summed E-state index contributed by atoms with van der Waals surface area (Å²) in [6.45, 7) is 1.18. The second kappa shape index (κ2) is 3.52. The number of rotatable bonds is 2. The highest BCUT2D eigenvalue weighted by atomic mass is 16.7. The lowest BCUT2D eigenvalue weighted by molar-refractivity contribution is -0.140. The van der Waals surface area contributed by atoms with Gasteiger partial charge in [-0.3, -0.25) is 0 Å². The van der Waals surface area contributed by atoms with Gasteiger partial charge in [0.2, 0.25) is 0 Å². The molecule has 1 rings (SSSR count). The lowest BCUT2D eigenvalue weighted by Crippen LogP contribution is -2.16. The van der Waals surface area contributed by atoms with E-state index in [0.717, 1.165) is 0 Å². The summed E-state index contributed by atoms with van der Waals surface area (Å²) in [6.07, 6.45) is 0. The minimum Gasteiger partial charge on any atom is -0.379 e. The van der Waals surface area contributed by atoms with E-state index in [-0.39, 0.29) is 17.3 Å². The van der Waals surface area contributed by atoms with E-state index in [0.29, 0.717) is 0 Å². The van der Waals surface area contributed by atoms with E-state index in [4.69, 9.17) is 11.5 Å². The van der Waals surface area contributed by atoms with Crippen LogP contribution in [0.4, 0.5) is 5.82 Å². The number of nitrogens with two attached hydrogens (primary N) is 2. The van der Waals surface area contributed by atoms with Crippen molar-refractivity contribution in [2.75, 3.05) is 5.73 Å². The highest BCUT2D eigenvalue weighted by Gasteiger charge is 2.11. The second-order valence-corrected chi connectivity index (χ2v) is 2.06. The van der Waals surface area contributed by atoms with E-state index in [1.807, 2.05) is 0 Å². The van der Waals surface area contributed by atoms with E-state index in [1.165, 1.54) is 6.92 Å². The van der Waals surface area contributed by atoms with Crippen molar-refractivity contribution in [2.24, 2.45) is 10.9 Å². The first kappa shape index (κ1) is 8.97. The standard InChI is InChI=1S/C5H7N5O3/c1-2(11)12-9-4(6)3-5(7)10-13-8-3/h1H3,(H2,6,9)(H2,7,10). The Hall–Kier alpha value is -2.12. The quantitative estimate of drug-likeness (QED) is 0.257. The summed E-state index contributed by atoms with van der Waals surface area (Å²) < 4.78 is 4.25. The van der Waals surface area contributed by atoms with Crippen molar-refractivity contribution in [2.45, 2.75) is 6.92 Å². The number of anilines is 1. The van der Waals surface area contributed by atoms with Crippen molar-refractivity contribution in [3.63, 3.8) is 0 Å². The molecule has 0 aromatic carbocycles. The average Bonchev–Trinajstić information content (AvgIpc) is 2.47. The molecule has 0 radical (unpaired) electrons. The van der Waals surface area contributed by atoms with Gasteiger partial charge < -0.3 is 16.3 Å². The van der Waals surface area contributed by atoms with Gasteiger partial charge >= 0.3 is 5.97 Å². The molecule has 0 bridgehead atoms. The Balaban J connectivity index is 2.78. The average molecular weight is 185 g/mol. The number of hydrogen-bond donors (Lipinski definition) is 2. The molecule has 0 saturated carbocycles. The Morgan fingerprint density at radius 1 is 1.62 bits per heavy atom. The van der Waals surface area contributed by atoms with E-state index in [1.54, 1.807) is 0 Å². The summed E-state index contributed by atoms with van der Waals surface area (Å²) in [5, 5.41) is 9.82. The molecule has 4 N–H and O–H groups in total. The van der Waals surface area contributed by atoms with Gasteiger partial charge in [-0.2, -0.15) is 0 Å². The minimum atomic E-state index is -0.599. The van der Waals surface area contributed by atoms with Gasteiger partial charge in [0.25, 0.3) is 0 Å². The maximum atomic E-state index is 10.3. The summed E-state index contributed by atoms with van der Waals surface area (Å²) >= 11 is 0. The van der Waals surface area contributed by atoms with Crippen LogP contribution in [0.15, 0.2) is 9.78 Å². The van der Waals surface area contributed by atoms with Crippen LogP contribution in [0.1, 0.15) is 12.6 Å². The van der Waals surface area contributed by atoms with E-state index >= 15 is 0 Å². The number of oxime groups is 1. The van der Waals surface area contributed by atoms with Crippen molar-refractivity contribution in [1.29, 1.82) is 0 Å². The monoisotopic (exact) mass is 185 g/mol. The third-order valence-electron chi connectivity index (χ3n) is 1.03. The molecule has 0 amide bonds. The lowest BCUT2D eigenvalue weighted by Gasteiger charge is -1.93. The molecule has 0 fully saturated rings. The van der Waals surface area contributed by atoms with E-state index in [9.17, 15) is 4.79 Å². The molecule has 8 nitrogen and oxygen atoms in total. The van der Waals surface area contributed by atoms with Crippen LogP contribution in [0.5, 0.6) is 0 Å².